The zero-order valence-corrected chi connectivity index (χ0v) is 12.1. The lowest BCUT2D eigenvalue weighted by Crippen LogP contribution is -2.52. The Morgan fingerprint density at radius 3 is 2.81 bits per heavy atom. The van der Waals surface area contributed by atoms with Gasteiger partial charge in [0.15, 0.2) is 0 Å². The number of amides is 2. The number of ether oxygens (including phenoxy) is 1. The number of carbonyl (C=O) groups is 1. The minimum absolute atomic E-state index is 0.0120. The minimum atomic E-state index is -0.162. The Balaban J connectivity index is 2.00. The molecule has 6 heteroatoms. The summed E-state index contributed by atoms with van der Waals surface area (Å²) in [7, 11) is 1.69. The van der Waals surface area contributed by atoms with Gasteiger partial charge in [0.25, 0.3) is 0 Å². The van der Waals surface area contributed by atoms with Crippen molar-refractivity contribution in [2.24, 2.45) is 5.73 Å². The number of nitriles is 1. The van der Waals surface area contributed by atoms with Gasteiger partial charge in [-0.15, -0.1) is 0 Å². The molecule has 2 unspecified atom stereocenters. The zero-order valence-electron chi connectivity index (χ0n) is 12.1. The van der Waals surface area contributed by atoms with E-state index in [1.165, 1.54) is 0 Å². The summed E-state index contributed by atoms with van der Waals surface area (Å²) < 4.78 is 5.35. The number of hydrogen-bond donors (Lipinski definition) is 2. The van der Waals surface area contributed by atoms with Crippen LogP contribution in [0.4, 0.5) is 10.5 Å². The van der Waals surface area contributed by atoms with Crippen molar-refractivity contribution in [1.82, 2.24) is 4.90 Å². The molecule has 0 spiro atoms. The molecule has 1 heterocycles. The van der Waals surface area contributed by atoms with Gasteiger partial charge in [0.1, 0.15) is 0 Å². The Kier molecular flexibility index (Phi) is 5.14. The fourth-order valence-corrected chi connectivity index (χ4v) is 2.54. The van der Waals surface area contributed by atoms with Gasteiger partial charge in [-0.3, -0.25) is 0 Å². The number of carbonyl (C=O) groups excluding carboxylic acids is 1. The molecule has 1 aromatic rings. The second kappa shape index (κ2) is 7.07. The molecule has 1 aliphatic heterocycles. The number of anilines is 1. The number of methoxy groups -OCH3 is 1. The fraction of sp³-hybridized carbons (Fsp3) is 0.467. The van der Waals surface area contributed by atoms with Crippen LogP contribution in [0.15, 0.2) is 24.3 Å². The van der Waals surface area contributed by atoms with E-state index in [9.17, 15) is 4.79 Å². The van der Waals surface area contributed by atoms with E-state index >= 15 is 0 Å². The van der Waals surface area contributed by atoms with Crippen LogP contribution in [-0.2, 0) is 4.74 Å². The molecular weight excluding hydrogens is 268 g/mol. The molecule has 0 saturated carbocycles. The maximum Gasteiger partial charge on any atom is 0.322 e. The van der Waals surface area contributed by atoms with Gasteiger partial charge in [-0.25, -0.2) is 4.79 Å². The number of nitrogens with one attached hydrogen (secondary N) is 1. The maximum atomic E-state index is 12.3. The average Bonchev–Trinajstić information content (AvgIpc) is 2.54. The Bertz CT molecular complexity index is 523. The van der Waals surface area contributed by atoms with Crippen molar-refractivity contribution in [3.8, 4) is 6.07 Å². The molecule has 2 rings (SSSR count). The first-order valence-electron chi connectivity index (χ1n) is 6.98. The van der Waals surface area contributed by atoms with Gasteiger partial charge in [-0.2, -0.15) is 5.26 Å². The molecule has 1 aromatic carbocycles. The molecule has 3 N–H and O–H groups in total. The standard InChI is InChI=1S/C15H20N4O2/c1-21-14-6-7-19(13(8-14)10-17)15(20)18-12-4-2-11(9-16)3-5-12/h2-5,13-14H,6-8,10,17H2,1H3,(H,18,20). The number of hydrogen-bond acceptors (Lipinski definition) is 4. The van der Waals surface area contributed by atoms with Gasteiger partial charge in [-0.1, -0.05) is 0 Å². The molecule has 0 aromatic heterocycles. The quantitative estimate of drug-likeness (QED) is 0.882. The van der Waals surface area contributed by atoms with Crippen LogP contribution in [0.2, 0.25) is 0 Å². The van der Waals surface area contributed by atoms with Crippen molar-refractivity contribution in [3.63, 3.8) is 0 Å². The lowest BCUT2D eigenvalue weighted by atomic mass is 10.00. The Morgan fingerprint density at radius 2 is 2.24 bits per heavy atom. The van der Waals surface area contributed by atoms with Crippen molar-refractivity contribution >= 4 is 11.7 Å². The number of benzene rings is 1. The van der Waals surface area contributed by atoms with Crippen molar-refractivity contribution in [2.75, 3.05) is 25.5 Å². The summed E-state index contributed by atoms with van der Waals surface area (Å²) in [6.07, 6.45) is 1.74. The van der Waals surface area contributed by atoms with E-state index in [2.05, 4.69) is 5.32 Å². The number of likely N-dealkylation sites (tertiary alicyclic amines) is 1. The zero-order chi connectivity index (χ0) is 15.2. The molecule has 0 bridgehead atoms. The summed E-state index contributed by atoms with van der Waals surface area (Å²) in [5.74, 6) is 0. The normalized spacial score (nSPS) is 21.7. The lowest BCUT2D eigenvalue weighted by molar-refractivity contribution is 0.0292. The van der Waals surface area contributed by atoms with E-state index < -0.39 is 0 Å². The predicted molar refractivity (Wildman–Crippen MR) is 79.8 cm³/mol. The van der Waals surface area contributed by atoms with Crippen molar-refractivity contribution < 1.29 is 9.53 Å². The van der Waals surface area contributed by atoms with Crippen LogP contribution < -0.4 is 11.1 Å². The van der Waals surface area contributed by atoms with Crippen LogP contribution in [0.3, 0.4) is 0 Å². The summed E-state index contributed by atoms with van der Waals surface area (Å²) in [4.78, 5) is 14.1. The van der Waals surface area contributed by atoms with E-state index in [0.717, 1.165) is 12.8 Å². The van der Waals surface area contributed by atoms with Gasteiger partial charge in [0, 0.05) is 31.9 Å². The van der Waals surface area contributed by atoms with E-state index in [1.54, 1.807) is 36.3 Å². The molecular formula is C15H20N4O2. The van der Waals surface area contributed by atoms with Crippen molar-refractivity contribution in [3.05, 3.63) is 29.8 Å². The van der Waals surface area contributed by atoms with Gasteiger partial charge in [0.05, 0.1) is 17.7 Å². The Hall–Kier alpha value is -2.10. The highest BCUT2D eigenvalue weighted by Crippen LogP contribution is 2.20. The van der Waals surface area contributed by atoms with Crippen LogP contribution in [0.25, 0.3) is 0 Å². The van der Waals surface area contributed by atoms with E-state index in [4.69, 9.17) is 15.7 Å². The van der Waals surface area contributed by atoms with E-state index in [1.807, 2.05) is 6.07 Å². The Labute approximate surface area is 124 Å². The third-order valence-corrected chi connectivity index (χ3v) is 3.80. The molecule has 21 heavy (non-hydrogen) atoms. The van der Waals surface area contributed by atoms with Crippen LogP contribution >= 0.6 is 0 Å². The number of urea groups is 1. The molecule has 6 nitrogen and oxygen atoms in total. The highest BCUT2D eigenvalue weighted by atomic mass is 16.5. The maximum absolute atomic E-state index is 12.3. The first-order valence-corrected chi connectivity index (χ1v) is 6.98. The van der Waals surface area contributed by atoms with Crippen molar-refractivity contribution in [2.45, 2.75) is 25.0 Å². The van der Waals surface area contributed by atoms with E-state index in [-0.39, 0.29) is 18.2 Å². The first-order chi connectivity index (χ1) is 10.2. The molecule has 112 valence electrons. The van der Waals surface area contributed by atoms with Gasteiger partial charge >= 0.3 is 6.03 Å². The first kappa shape index (κ1) is 15.3. The van der Waals surface area contributed by atoms with Gasteiger partial charge in [0.2, 0.25) is 0 Å². The van der Waals surface area contributed by atoms with Crippen molar-refractivity contribution in [1.29, 1.82) is 5.26 Å². The SMILES string of the molecule is COC1CCN(C(=O)Nc2ccc(C#N)cc2)C(CN)C1. The average molecular weight is 288 g/mol. The van der Waals surface area contributed by atoms with Crippen LogP contribution in [0.1, 0.15) is 18.4 Å². The summed E-state index contributed by atoms with van der Waals surface area (Å²) in [6.45, 7) is 1.04. The van der Waals surface area contributed by atoms with Gasteiger partial charge < -0.3 is 20.7 Å². The fourth-order valence-electron chi connectivity index (χ4n) is 2.54. The van der Waals surface area contributed by atoms with Crippen LogP contribution in [0.5, 0.6) is 0 Å². The summed E-state index contributed by atoms with van der Waals surface area (Å²) in [5.41, 5.74) is 7.00. The Morgan fingerprint density at radius 1 is 1.52 bits per heavy atom. The van der Waals surface area contributed by atoms with E-state index in [0.29, 0.717) is 24.3 Å². The lowest BCUT2D eigenvalue weighted by Gasteiger charge is -2.38. The predicted octanol–water partition coefficient (Wildman–Crippen LogP) is 1.53. The molecule has 2 amide bonds. The number of nitrogens with zero attached hydrogens (tertiary/aromatic N) is 2. The third kappa shape index (κ3) is 3.72. The molecule has 2 atom stereocenters. The molecule has 0 radical (unpaired) electrons. The third-order valence-electron chi connectivity index (χ3n) is 3.80. The monoisotopic (exact) mass is 288 g/mol. The van der Waals surface area contributed by atoms with Crippen LogP contribution in [0, 0.1) is 11.3 Å². The summed E-state index contributed by atoms with van der Waals surface area (Å²) >= 11 is 0. The topological polar surface area (TPSA) is 91.4 Å². The number of nitrogens with two attached hydrogens (primary N) is 1. The highest BCUT2D eigenvalue weighted by molar-refractivity contribution is 5.89. The van der Waals surface area contributed by atoms with Gasteiger partial charge in [-0.05, 0) is 37.1 Å². The summed E-state index contributed by atoms with van der Waals surface area (Å²) in [6, 6.07) is 8.65. The molecule has 1 fully saturated rings. The number of piperidine rings is 1. The molecule has 0 aliphatic carbocycles. The molecule has 1 aliphatic rings. The minimum Gasteiger partial charge on any atom is -0.381 e. The largest absolute Gasteiger partial charge is 0.381 e. The highest BCUT2D eigenvalue weighted by Gasteiger charge is 2.30. The number of rotatable bonds is 3. The smallest absolute Gasteiger partial charge is 0.322 e. The second-order valence-electron chi connectivity index (χ2n) is 5.08. The van der Waals surface area contributed by atoms with Crippen LogP contribution in [-0.4, -0.2) is 43.3 Å². The second-order valence-corrected chi connectivity index (χ2v) is 5.08. The molecule has 1 saturated heterocycles. The summed E-state index contributed by atoms with van der Waals surface area (Å²) in [5, 5.41) is 11.6.